The number of rotatable bonds is 9. The van der Waals surface area contributed by atoms with E-state index in [1.54, 1.807) is 13.3 Å². The molecule has 3 N–H and O–H groups in total. The number of alkyl halides is 1. The maximum Gasteiger partial charge on any atom is 0.412 e. The van der Waals surface area contributed by atoms with Gasteiger partial charge in [-0.2, -0.15) is 5.10 Å². The van der Waals surface area contributed by atoms with Crippen LogP contribution in [0.5, 0.6) is 0 Å². The summed E-state index contributed by atoms with van der Waals surface area (Å²) in [4.78, 5) is 29.9. The van der Waals surface area contributed by atoms with Gasteiger partial charge in [0.25, 0.3) is 5.91 Å². The van der Waals surface area contributed by atoms with Crippen LogP contribution in [-0.2, 0) is 23.2 Å². The van der Waals surface area contributed by atoms with Crippen molar-refractivity contribution in [3.63, 3.8) is 0 Å². The van der Waals surface area contributed by atoms with Gasteiger partial charge in [0.1, 0.15) is 28.8 Å². The van der Waals surface area contributed by atoms with Gasteiger partial charge in [-0.05, 0) is 24.1 Å². The van der Waals surface area contributed by atoms with Crippen molar-refractivity contribution in [2.75, 3.05) is 32.6 Å². The summed E-state index contributed by atoms with van der Waals surface area (Å²) in [5, 5.41) is 6.73. The van der Waals surface area contributed by atoms with E-state index >= 15 is 4.39 Å². The Morgan fingerprint density at radius 1 is 1.32 bits per heavy atom. The first-order valence-electron chi connectivity index (χ1n) is 12.5. The van der Waals surface area contributed by atoms with E-state index in [-0.39, 0.29) is 24.3 Å². The summed E-state index contributed by atoms with van der Waals surface area (Å²) in [6, 6.07) is 12.0. The molecule has 0 bridgehead atoms. The summed E-state index contributed by atoms with van der Waals surface area (Å²) < 4.78 is 27.9. The number of nitrogens with one attached hydrogen (secondary N) is 1. The van der Waals surface area contributed by atoms with Crippen LogP contribution in [0.4, 0.5) is 15.0 Å². The molecule has 1 aliphatic rings. The number of nitrogens with two attached hydrogens (primary N) is 1. The Hall–Kier alpha value is -3.99. The fourth-order valence-electron chi connectivity index (χ4n) is 4.75. The van der Waals surface area contributed by atoms with E-state index in [1.807, 2.05) is 43.3 Å². The highest BCUT2D eigenvalue weighted by atomic mass is 19.1. The summed E-state index contributed by atoms with van der Waals surface area (Å²) in [6.45, 7) is 3.37. The number of primary amides is 1. The zero-order valence-corrected chi connectivity index (χ0v) is 21.8. The van der Waals surface area contributed by atoms with Crippen LogP contribution in [-0.4, -0.2) is 66.3 Å². The number of piperidine rings is 1. The van der Waals surface area contributed by atoms with E-state index in [0.29, 0.717) is 19.5 Å². The molecule has 11 heteroatoms. The van der Waals surface area contributed by atoms with Crippen LogP contribution >= 0.6 is 0 Å². The number of anilines is 1. The largest absolute Gasteiger partial charge is 0.461 e. The highest BCUT2D eigenvalue weighted by Crippen LogP contribution is 2.37. The molecule has 202 valence electrons. The molecule has 0 spiro atoms. The van der Waals surface area contributed by atoms with Crippen LogP contribution in [0.15, 0.2) is 52.0 Å². The predicted molar refractivity (Wildman–Crippen MR) is 142 cm³/mol. The number of amides is 2. The molecule has 38 heavy (non-hydrogen) atoms. The van der Waals surface area contributed by atoms with Gasteiger partial charge in [0.15, 0.2) is 5.82 Å². The maximum absolute atomic E-state index is 16.1. The number of halogens is 1. The second kappa shape index (κ2) is 11.6. The van der Waals surface area contributed by atoms with Gasteiger partial charge in [-0.15, -0.1) is 0 Å². The molecule has 3 heterocycles. The van der Waals surface area contributed by atoms with E-state index in [4.69, 9.17) is 10.2 Å². The minimum Gasteiger partial charge on any atom is -0.461 e. The van der Waals surface area contributed by atoms with Gasteiger partial charge in [0.2, 0.25) is 0 Å². The molecule has 2 unspecified atom stereocenters. The fraction of sp³-hybridized carbons (Fsp3) is 0.407. The number of hydrogen-bond donors (Lipinski definition) is 2. The first-order valence-corrected chi connectivity index (χ1v) is 12.5. The number of nitrogens with zero attached hydrogens (tertiary/aromatic N) is 4. The van der Waals surface area contributed by atoms with Crippen molar-refractivity contribution in [1.82, 2.24) is 14.7 Å². The number of aromatic nitrogens is 2. The summed E-state index contributed by atoms with van der Waals surface area (Å²) in [5.74, 6) is 0.901. The van der Waals surface area contributed by atoms with Crippen molar-refractivity contribution in [2.45, 2.75) is 44.4 Å². The number of aryl methyl sites for hydroxylation is 1. The number of methoxy groups -OCH3 is 1. The standard InChI is InChI=1S/C27H33FN6O4/c1-4-20-9-10-22(38-20)19-7-5-18(6-8-19)15-33-14-12-27(11-13-30-2,23(28)17-33)34-16-21(24(29)35)25(32-34)31-26(36)37-3/h5-10,13,16,23H,4,11-12,14-15,17H2,1-3H3,(H2,29,35)(H,31,32,36)/b30-13-. The molecule has 2 atom stereocenters. The molecule has 2 amide bonds. The minimum absolute atomic E-state index is 0.0273. The van der Waals surface area contributed by atoms with Gasteiger partial charge < -0.3 is 19.9 Å². The summed E-state index contributed by atoms with van der Waals surface area (Å²) in [5.41, 5.74) is 6.42. The number of carbonyl (C=O) groups excluding carboxylic acids is 2. The average molecular weight is 525 g/mol. The first-order chi connectivity index (χ1) is 18.3. The molecule has 1 aromatic carbocycles. The van der Waals surface area contributed by atoms with Crippen LogP contribution in [0.25, 0.3) is 11.3 Å². The number of hydrogen-bond acceptors (Lipinski definition) is 7. The Morgan fingerprint density at radius 2 is 2.08 bits per heavy atom. The van der Waals surface area contributed by atoms with Gasteiger partial charge in [0.05, 0.1) is 7.11 Å². The lowest BCUT2D eigenvalue weighted by Crippen LogP contribution is -2.55. The van der Waals surface area contributed by atoms with Gasteiger partial charge >= 0.3 is 6.09 Å². The van der Waals surface area contributed by atoms with Crippen molar-refractivity contribution in [3.8, 4) is 11.3 Å². The molecule has 2 aromatic heterocycles. The van der Waals surface area contributed by atoms with Crippen LogP contribution in [0, 0.1) is 0 Å². The summed E-state index contributed by atoms with van der Waals surface area (Å²) >= 11 is 0. The molecular weight excluding hydrogens is 491 g/mol. The Bertz CT molecular complexity index is 1300. The molecule has 1 aliphatic heterocycles. The molecule has 0 aliphatic carbocycles. The predicted octanol–water partition coefficient (Wildman–Crippen LogP) is 4.01. The van der Waals surface area contributed by atoms with E-state index in [2.05, 4.69) is 25.0 Å². The van der Waals surface area contributed by atoms with Crippen LogP contribution < -0.4 is 11.1 Å². The normalized spacial score (nSPS) is 20.1. The highest BCUT2D eigenvalue weighted by Gasteiger charge is 2.46. The van der Waals surface area contributed by atoms with E-state index in [9.17, 15) is 9.59 Å². The Morgan fingerprint density at radius 3 is 2.68 bits per heavy atom. The molecule has 10 nitrogen and oxygen atoms in total. The number of ether oxygens (including phenoxy) is 1. The Labute approximate surface area is 220 Å². The van der Waals surface area contributed by atoms with Crippen molar-refractivity contribution in [3.05, 3.63) is 59.5 Å². The molecular formula is C27H33FN6O4. The Kier molecular flexibility index (Phi) is 8.26. The van der Waals surface area contributed by atoms with E-state index in [0.717, 1.165) is 29.1 Å². The van der Waals surface area contributed by atoms with E-state index in [1.165, 1.54) is 18.0 Å². The third-order valence-electron chi connectivity index (χ3n) is 6.99. The molecule has 4 rings (SSSR count). The van der Waals surface area contributed by atoms with Gasteiger partial charge in [-0.25, -0.2) is 9.18 Å². The first kappa shape index (κ1) is 27.1. The van der Waals surface area contributed by atoms with Crippen molar-refractivity contribution in [2.24, 2.45) is 10.7 Å². The van der Waals surface area contributed by atoms with Crippen LogP contribution in [0.1, 0.15) is 41.4 Å². The topological polar surface area (TPSA) is 128 Å². The number of aliphatic imine (C=N–C) groups is 1. The fourth-order valence-corrected chi connectivity index (χ4v) is 4.75. The Balaban J connectivity index is 1.52. The highest BCUT2D eigenvalue weighted by molar-refractivity contribution is 6.00. The third kappa shape index (κ3) is 5.62. The molecule has 0 saturated carbocycles. The molecule has 0 radical (unpaired) electrons. The zero-order chi connectivity index (χ0) is 27.3. The van der Waals surface area contributed by atoms with Crippen LogP contribution in [0.2, 0.25) is 0 Å². The van der Waals surface area contributed by atoms with Crippen molar-refractivity contribution in [1.29, 1.82) is 0 Å². The monoisotopic (exact) mass is 524 g/mol. The number of furan rings is 1. The molecule has 1 saturated heterocycles. The summed E-state index contributed by atoms with van der Waals surface area (Å²) in [7, 11) is 2.81. The van der Waals surface area contributed by atoms with Gasteiger partial charge in [0, 0.05) is 57.5 Å². The summed E-state index contributed by atoms with van der Waals surface area (Å²) in [6.07, 6.45) is 2.38. The second-order valence-corrected chi connectivity index (χ2v) is 9.33. The van der Waals surface area contributed by atoms with Gasteiger partial charge in [-0.3, -0.25) is 19.7 Å². The zero-order valence-electron chi connectivity index (χ0n) is 21.8. The lowest BCUT2D eigenvalue weighted by molar-refractivity contribution is 0.00925. The maximum atomic E-state index is 16.1. The van der Waals surface area contributed by atoms with Gasteiger partial charge in [-0.1, -0.05) is 31.2 Å². The van der Waals surface area contributed by atoms with Crippen LogP contribution in [0.3, 0.4) is 0 Å². The number of benzene rings is 1. The number of carbonyl (C=O) groups is 2. The van der Waals surface area contributed by atoms with Crippen molar-refractivity contribution < 1.29 is 23.1 Å². The molecule has 3 aromatic rings. The lowest BCUT2D eigenvalue weighted by atomic mass is 9.83. The lowest BCUT2D eigenvalue weighted by Gasteiger charge is -2.44. The number of likely N-dealkylation sites (tertiary alicyclic amines) is 1. The molecule has 1 fully saturated rings. The second-order valence-electron chi connectivity index (χ2n) is 9.33. The SMILES string of the molecule is CCc1ccc(-c2ccc(CN3CCC(C/C=N\C)(n4cc(C(N)=O)c(NC(=O)OC)n4)C(F)C3)cc2)o1. The third-order valence-corrected chi connectivity index (χ3v) is 6.99. The quantitative estimate of drug-likeness (QED) is 0.407. The van der Waals surface area contributed by atoms with Crippen molar-refractivity contribution >= 4 is 24.0 Å². The van der Waals surface area contributed by atoms with E-state index < -0.39 is 23.7 Å². The average Bonchev–Trinajstić information content (AvgIpc) is 3.57. The minimum atomic E-state index is -1.34. The smallest absolute Gasteiger partial charge is 0.412 e.